The fourth-order valence-corrected chi connectivity index (χ4v) is 2.40. The van der Waals surface area contributed by atoms with E-state index in [2.05, 4.69) is 9.72 Å². The summed E-state index contributed by atoms with van der Waals surface area (Å²) in [6, 6.07) is 6.55. The summed E-state index contributed by atoms with van der Waals surface area (Å²) in [7, 11) is 0. The van der Waals surface area contributed by atoms with E-state index in [0.717, 1.165) is 0 Å². The summed E-state index contributed by atoms with van der Waals surface area (Å²) in [5.74, 6) is -0.541. The van der Waals surface area contributed by atoms with Gasteiger partial charge in [-0.05, 0) is 24.6 Å². The van der Waals surface area contributed by atoms with Crippen LogP contribution in [0.5, 0.6) is 5.88 Å². The lowest BCUT2D eigenvalue weighted by molar-refractivity contribution is 0.1000. The predicted molar refractivity (Wildman–Crippen MR) is 69.5 cm³/mol. The van der Waals surface area contributed by atoms with E-state index in [0.29, 0.717) is 21.0 Å². The first-order valence-corrected chi connectivity index (χ1v) is 6.07. The highest BCUT2D eigenvalue weighted by molar-refractivity contribution is 7.15. The van der Waals surface area contributed by atoms with Gasteiger partial charge in [0.2, 0.25) is 11.8 Å². The zero-order chi connectivity index (χ0) is 14.0. The van der Waals surface area contributed by atoms with E-state index >= 15 is 0 Å². The van der Waals surface area contributed by atoms with Crippen LogP contribution >= 0.6 is 11.3 Å². The second-order valence-corrected chi connectivity index (χ2v) is 4.88. The average molecular weight is 278 g/mol. The highest BCUT2D eigenvalue weighted by Gasteiger charge is 2.16. The number of hydrogen-bond donors (Lipinski definition) is 2. The number of primary amides is 1. The number of rotatable bonds is 3. The maximum Gasteiger partial charge on any atom is 0.512 e. The molecule has 1 heterocycles. The number of benzene rings is 1. The van der Waals surface area contributed by atoms with Crippen LogP contribution in [0.15, 0.2) is 24.3 Å². The molecule has 0 radical (unpaired) electrons. The van der Waals surface area contributed by atoms with E-state index in [4.69, 9.17) is 10.8 Å². The first-order chi connectivity index (χ1) is 8.97. The van der Waals surface area contributed by atoms with Crippen LogP contribution in [0.2, 0.25) is 0 Å². The van der Waals surface area contributed by atoms with E-state index in [1.54, 1.807) is 31.2 Å². The van der Waals surface area contributed by atoms with Crippen LogP contribution in [0.1, 0.15) is 15.4 Å². The molecule has 19 heavy (non-hydrogen) atoms. The van der Waals surface area contributed by atoms with Gasteiger partial charge in [0.1, 0.15) is 0 Å². The number of ether oxygens (including phenoxy) is 1. The van der Waals surface area contributed by atoms with Crippen LogP contribution in [-0.2, 0) is 0 Å². The Morgan fingerprint density at radius 1 is 1.42 bits per heavy atom. The Morgan fingerprint density at radius 3 is 2.79 bits per heavy atom. The Hall–Kier alpha value is -2.41. The number of nitrogens with two attached hydrogens (primary N) is 1. The fraction of sp³-hybridized carbons (Fsp3) is 0.0833. The molecule has 0 aliphatic heterocycles. The first kappa shape index (κ1) is 13.0. The summed E-state index contributed by atoms with van der Waals surface area (Å²) in [6.45, 7) is 1.74. The molecule has 0 aliphatic rings. The number of amides is 1. The van der Waals surface area contributed by atoms with Crippen molar-refractivity contribution in [2.24, 2.45) is 5.73 Å². The van der Waals surface area contributed by atoms with Crippen molar-refractivity contribution in [1.82, 2.24) is 4.98 Å². The van der Waals surface area contributed by atoms with Crippen molar-refractivity contribution in [3.63, 3.8) is 0 Å². The molecule has 6 nitrogen and oxygen atoms in total. The van der Waals surface area contributed by atoms with Crippen molar-refractivity contribution in [2.45, 2.75) is 6.92 Å². The smallest absolute Gasteiger partial charge is 0.449 e. The average Bonchev–Trinajstić information content (AvgIpc) is 2.69. The summed E-state index contributed by atoms with van der Waals surface area (Å²) >= 11 is 1.28. The van der Waals surface area contributed by atoms with Gasteiger partial charge in [0.15, 0.2) is 0 Å². The molecule has 7 heteroatoms. The third-order valence-corrected chi connectivity index (χ3v) is 3.30. The molecule has 1 amide bonds. The normalized spacial score (nSPS) is 10.2. The summed E-state index contributed by atoms with van der Waals surface area (Å²) in [6.07, 6.45) is -1.43. The van der Waals surface area contributed by atoms with Crippen LogP contribution in [0.4, 0.5) is 4.79 Å². The third kappa shape index (κ3) is 2.89. The molecule has 2 rings (SSSR count). The number of thiazole rings is 1. The molecule has 0 saturated heterocycles. The van der Waals surface area contributed by atoms with Gasteiger partial charge in [-0.3, -0.25) is 4.79 Å². The fourth-order valence-electron chi connectivity index (χ4n) is 1.56. The molecule has 0 spiro atoms. The van der Waals surface area contributed by atoms with Crippen molar-refractivity contribution >= 4 is 23.4 Å². The van der Waals surface area contributed by atoms with Gasteiger partial charge in [-0.25, -0.2) is 9.78 Å². The van der Waals surface area contributed by atoms with Crippen LogP contribution in [0, 0.1) is 6.92 Å². The lowest BCUT2D eigenvalue weighted by Crippen LogP contribution is -2.10. The number of aromatic nitrogens is 1. The number of hydrogen-bond acceptors (Lipinski definition) is 5. The number of aryl methyl sites for hydroxylation is 1. The highest BCUT2D eigenvalue weighted by Crippen LogP contribution is 2.35. The van der Waals surface area contributed by atoms with Gasteiger partial charge >= 0.3 is 6.16 Å². The maximum absolute atomic E-state index is 11.1. The topological polar surface area (TPSA) is 103 Å². The summed E-state index contributed by atoms with van der Waals surface area (Å²) in [4.78, 5) is 26.3. The van der Waals surface area contributed by atoms with Crippen molar-refractivity contribution in [3.05, 3.63) is 34.8 Å². The Labute approximate surface area is 112 Å². The standard InChI is InChI=1S/C12H10N2O4S/c1-6-14-11(18-12(16)17)9(19-6)7-3-2-4-8(5-7)10(13)15/h2-5H,1H3,(H2,13,15)(H,16,17). The van der Waals surface area contributed by atoms with Gasteiger partial charge in [-0.1, -0.05) is 12.1 Å². The molecule has 0 bridgehead atoms. The van der Waals surface area contributed by atoms with E-state index in [-0.39, 0.29) is 5.88 Å². The van der Waals surface area contributed by atoms with Gasteiger partial charge in [-0.2, -0.15) is 0 Å². The molecule has 0 saturated carbocycles. The van der Waals surface area contributed by atoms with Gasteiger partial charge in [-0.15, -0.1) is 11.3 Å². The van der Waals surface area contributed by atoms with E-state index < -0.39 is 12.1 Å². The molecule has 0 fully saturated rings. The van der Waals surface area contributed by atoms with Crippen molar-refractivity contribution in [3.8, 4) is 16.3 Å². The highest BCUT2D eigenvalue weighted by atomic mass is 32.1. The van der Waals surface area contributed by atoms with Gasteiger partial charge in [0.25, 0.3) is 0 Å². The van der Waals surface area contributed by atoms with Crippen LogP contribution in [0.3, 0.4) is 0 Å². The summed E-state index contributed by atoms with van der Waals surface area (Å²) < 4.78 is 4.62. The molecule has 0 atom stereocenters. The minimum atomic E-state index is -1.43. The van der Waals surface area contributed by atoms with Gasteiger partial charge in [0.05, 0.1) is 9.88 Å². The predicted octanol–water partition coefficient (Wildman–Crippen LogP) is 2.27. The van der Waals surface area contributed by atoms with Crippen molar-refractivity contribution < 1.29 is 19.4 Å². The van der Waals surface area contributed by atoms with Crippen molar-refractivity contribution in [2.75, 3.05) is 0 Å². The molecule has 98 valence electrons. The zero-order valence-electron chi connectivity index (χ0n) is 9.91. The first-order valence-electron chi connectivity index (χ1n) is 5.26. The van der Waals surface area contributed by atoms with Crippen LogP contribution < -0.4 is 10.5 Å². The lowest BCUT2D eigenvalue weighted by Gasteiger charge is -2.02. The molecule has 2 aromatic rings. The van der Waals surface area contributed by atoms with Crippen LogP contribution in [-0.4, -0.2) is 22.2 Å². The molecule has 1 aromatic carbocycles. The largest absolute Gasteiger partial charge is 0.512 e. The monoisotopic (exact) mass is 278 g/mol. The van der Waals surface area contributed by atoms with Crippen LogP contribution in [0.25, 0.3) is 10.4 Å². The minimum absolute atomic E-state index is 0.0108. The second kappa shape index (κ2) is 5.07. The molecular formula is C12H10N2O4S. The van der Waals surface area contributed by atoms with E-state index in [1.165, 1.54) is 11.3 Å². The molecule has 0 aliphatic carbocycles. The number of carbonyl (C=O) groups is 2. The summed E-state index contributed by atoms with van der Waals surface area (Å²) in [5, 5.41) is 9.32. The molecule has 3 N–H and O–H groups in total. The Bertz CT molecular complexity index is 651. The van der Waals surface area contributed by atoms with Gasteiger partial charge < -0.3 is 15.6 Å². The Morgan fingerprint density at radius 2 is 2.16 bits per heavy atom. The maximum atomic E-state index is 11.1. The third-order valence-electron chi connectivity index (χ3n) is 2.30. The van der Waals surface area contributed by atoms with Gasteiger partial charge in [0, 0.05) is 5.56 Å². The lowest BCUT2D eigenvalue weighted by atomic mass is 10.1. The number of carbonyl (C=O) groups excluding carboxylic acids is 1. The molecule has 1 aromatic heterocycles. The quantitative estimate of drug-likeness (QED) is 0.838. The summed E-state index contributed by atoms with van der Waals surface area (Å²) in [5.41, 5.74) is 6.18. The Kier molecular flexibility index (Phi) is 3.48. The van der Waals surface area contributed by atoms with E-state index in [1.807, 2.05) is 0 Å². The number of carboxylic acid groups (broad SMARTS) is 1. The minimum Gasteiger partial charge on any atom is -0.449 e. The SMILES string of the molecule is Cc1nc(OC(=O)O)c(-c2cccc(C(N)=O)c2)s1. The zero-order valence-corrected chi connectivity index (χ0v) is 10.7. The molecular weight excluding hydrogens is 268 g/mol. The van der Waals surface area contributed by atoms with Crippen molar-refractivity contribution in [1.29, 1.82) is 0 Å². The Balaban J connectivity index is 2.49. The second-order valence-electron chi connectivity index (χ2n) is 3.68. The number of nitrogens with zero attached hydrogens (tertiary/aromatic N) is 1. The molecule has 0 unspecified atom stereocenters. The van der Waals surface area contributed by atoms with E-state index in [9.17, 15) is 9.59 Å².